The second-order valence-corrected chi connectivity index (χ2v) is 8.46. The summed E-state index contributed by atoms with van der Waals surface area (Å²) in [6.07, 6.45) is 12.2. The van der Waals surface area contributed by atoms with E-state index in [9.17, 15) is 0 Å². The van der Waals surface area contributed by atoms with Crippen LogP contribution in [-0.2, 0) is 4.65 Å². The molecule has 0 fully saturated rings. The van der Waals surface area contributed by atoms with Crippen molar-refractivity contribution in [2.24, 2.45) is 5.92 Å². The van der Waals surface area contributed by atoms with Gasteiger partial charge < -0.3 is 4.65 Å². The van der Waals surface area contributed by atoms with Crippen molar-refractivity contribution in [2.45, 2.75) is 118 Å². The molecule has 0 aromatic heterocycles. The summed E-state index contributed by atoms with van der Waals surface area (Å²) in [6.45, 7) is 18.1. The molecule has 2 heteroatoms. The zero-order valence-electron chi connectivity index (χ0n) is 18.4. The third kappa shape index (κ3) is 10.2. The average Bonchev–Trinajstić information content (AvgIpc) is 2.54. The molecule has 0 unspecified atom stereocenters. The Kier molecular flexibility index (Phi) is 13.2. The van der Waals surface area contributed by atoms with Crippen LogP contribution in [0.15, 0.2) is 11.5 Å². The van der Waals surface area contributed by atoms with Crippen molar-refractivity contribution in [3.8, 4) is 11.8 Å². The molecular formula is C23H43BO. The Morgan fingerprint density at radius 2 is 1.64 bits per heavy atom. The topological polar surface area (TPSA) is 9.23 Å². The van der Waals surface area contributed by atoms with Crippen LogP contribution in [0.1, 0.15) is 107 Å². The fourth-order valence-electron chi connectivity index (χ4n) is 2.71. The fourth-order valence-corrected chi connectivity index (χ4v) is 2.71. The van der Waals surface area contributed by atoms with Gasteiger partial charge >= 0.3 is 6.92 Å². The summed E-state index contributed by atoms with van der Waals surface area (Å²) in [5.41, 5.74) is 1.20. The summed E-state index contributed by atoms with van der Waals surface area (Å²) < 4.78 is 6.39. The first-order valence-electron chi connectivity index (χ1n) is 10.6. The van der Waals surface area contributed by atoms with Gasteiger partial charge in [0.05, 0.1) is 0 Å². The SMILES string of the molecule is CCCC/C=C(/C#CCCCCCC)B(OC(C)C)C(C)(C)C(C)C. The van der Waals surface area contributed by atoms with Gasteiger partial charge in [-0.25, -0.2) is 0 Å². The number of allylic oxidation sites excluding steroid dienone is 2. The van der Waals surface area contributed by atoms with Gasteiger partial charge in [-0.05, 0) is 43.4 Å². The van der Waals surface area contributed by atoms with Gasteiger partial charge in [-0.15, -0.1) is 0 Å². The van der Waals surface area contributed by atoms with Crippen molar-refractivity contribution in [1.29, 1.82) is 0 Å². The van der Waals surface area contributed by atoms with E-state index in [0.29, 0.717) is 5.92 Å². The Morgan fingerprint density at radius 3 is 2.16 bits per heavy atom. The standard InChI is InChI=1S/C23H43BO/c1-9-11-13-14-15-17-19-22(18-16-12-10-2)24(25-21(5)6)23(7,8)20(3)4/h18,20-21H,9-16H2,1-8H3/b22-18-. The maximum absolute atomic E-state index is 6.39. The van der Waals surface area contributed by atoms with E-state index in [0.717, 1.165) is 12.8 Å². The molecule has 1 nitrogen and oxygen atoms in total. The number of unbranched alkanes of at least 4 members (excludes halogenated alkanes) is 6. The van der Waals surface area contributed by atoms with Crippen LogP contribution in [0.5, 0.6) is 0 Å². The second-order valence-electron chi connectivity index (χ2n) is 8.46. The van der Waals surface area contributed by atoms with Crippen LogP contribution in [0, 0.1) is 17.8 Å². The Bertz CT molecular complexity index is 423. The molecule has 25 heavy (non-hydrogen) atoms. The molecule has 0 N–H and O–H groups in total. The van der Waals surface area contributed by atoms with Gasteiger partial charge in [0, 0.05) is 12.5 Å². The molecular weight excluding hydrogens is 303 g/mol. The lowest BCUT2D eigenvalue weighted by atomic mass is 9.39. The summed E-state index contributed by atoms with van der Waals surface area (Å²) >= 11 is 0. The zero-order valence-corrected chi connectivity index (χ0v) is 18.4. The Balaban J connectivity index is 5.34. The molecule has 0 amide bonds. The molecule has 0 rings (SSSR count). The van der Waals surface area contributed by atoms with E-state index in [4.69, 9.17) is 4.65 Å². The van der Waals surface area contributed by atoms with Crippen LogP contribution in [0.3, 0.4) is 0 Å². The predicted octanol–water partition coefficient (Wildman–Crippen LogP) is 7.47. The zero-order chi connectivity index (χ0) is 19.3. The quantitative estimate of drug-likeness (QED) is 0.202. The molecule has 0 spiro atoms. The van der Waals surface area contributed by atoms with Gasteiger partial charge in [0.1, 0.15) is 0 Å². The predicted molar refractivity (Wildman–Crippen MR) is 115 cm³/mol. The summed E-state index contributed by atoms with van der Waals surface area (Å²) in [7, 11) is 0. The molecule has 0 aromatic rings. The average molecular weight is 346 g/mol. The van der Waals surface area contributed by atoms with Crippen LogP contribution in [0.4, 0.5) is 0 Å². The number of hydrogen-bond acceptors (Lipinski definition) is 1. The van der Waals surface area contributed by atoms with E-state index in [-0.39, 0.29) is 18.3 Å². The smallest absolute Gasteiger partial charge is 0.341 e. The van der Waals surface area contributed by atoms with E-state index in [1.54, 1.807) is 0 Å². The van der Waals surface area contributed by atoms with Crippen molar-refractivity contribution < 1.29 is 4.65 Å². The van der Waals surface area contributed by atoms with Crippen molar-refractivity contribution in [3.63, 3.8) is 0 Å². The van der Waals surface area contributed by atoms with Gasteiger partial charge in [0.25, 0.3) is 0 Å². The fraction of sp³-hybridized carbons (Fsp3) is 0.826. The van der Waals surface area contributed by atoms with Gasteiger partial charge in [0.15, 0.2) is 0 Å². The Morgan fingerprint density at radius 1 is 1.00 bits per heavy atom. The maximum atomic E-state index is 6.39. The number of rotatable bonds is 12. The molecule has 0 aromatic carbocycles. The van der Waals surface area contributed by atoms with Crippen molar-refractivity contribution in [3.05, 3.63) is 11.5 Å². The maximum Gasteiger partial charge on any atom is 0.341 e. The van der Waals surface area contributed by atoms with Crippen molar-refractivity contribution >= 4 is 6.92 Å². The first-order chi connectivity index (χ1) is 11.8. The van der Waals surface area contributed by atoms with Crippen LogP contribution in [0.25, 0.3) is 0 Å². The van der Waals surface area contributed by atoms with E-state index in [1.165, 1.54) is 44.0 Å². The minimum Gasteiger partial charge on any atom is -0.428 e. The highest BCUT2D eigenvalue weighted by atomic mass is 16.4. The van der Waals surface area contributed by atoms with Crippen LogP contribution < -0.4 is 0 Å². The normalized spacial score (nSPS) is 12.5. The van der Waals surface area contributed by atoms with Crippen LogP contribution in [0.2, 0.25) is 5.31 Å². The first kappa shape index (κ1) is 24.3. The highest BCUT2D eigenvalue weighted by Crippen LogP contribution is 2.41. The molecule has 0 heterocycles. The molecule has 0 aliphatic carbocycles. The highest BCUT2D eigenvalue weighted by molar-refractivity contribution is 6.65. The van der Waals surface area contributed by atoms with Crippen molar-refractivity contribution in [1.82, 2.24) is 0 Å². The summed E-state index contributed by atoms with van der Waals surface area (Å²) in [6, 6.07) is 0. The molecule has 0 atom stereocenters. The highest BCUT2D eigenvalue weighted by Gasteiger charge is 2.40. The summed E-state index contributed by atoms with van der Waals surface area (Å²) in [5.74, 6) is 7.48. The first-order valence-corrected chi connectivity index (χ1v) is 10.6. The van der Waals surface area contributed by atoms with E-state index >= 15 is 0 Å². The third-order valence-corrected chi connectivity index (χ3v) is 5.16. The van der Waals surface area contributed by atoms with Gasteiger partial charge in [-0.3, -0.25) is 0 Å². The van der Waals surface area contributed by atoms with Crippen LogP contribution in [-0.4, -0.2) is 13.0 Å². The lowest BCUT2D eigenvalue weighted by Gasteiger charge is -2.36. The molecule has 0 bridgehead atoms. The van der Waals surface area contributed by atoms with Crippen molar-refractivity contribution in [2.75, 3.05) is 0 Å². The lowest BCUT2D eigenvalue weighted by Crippen LogP contribution is -2.39. The van der Waals surface area contributed by atoms with E-state index in [1.807, 2.05) is 0 Å². The largest absolute Gasteiger partial charge is 0.428 e. The minimum atomic E-state index is 0.0687. The molecule has 0 aliphatic rings. The molecule has 0 radical (unpaired) electrons. The summed E-state index contributed by atoms with van der Waals surface area (Å²) in [5, 5.41) is 0.0687. The lowest BCUT2D eigenvalue weighted by molar-refractivity contribution is 0.223. The Hall–Kier alpha value is -0.675. The molecule has 0 saturated heterocycles. The monoisotopic (exact) mass is 346 g/mol. The van der Waals surface area contributed by atoms with Crippen LogP contribution >= 0.6 is 0 Å². The second kappa shape index (κ2) is 13.5. The van der Waals surface area contributed by atoms with Gasteiger partial charge in [-0.2, -0.15) is 0 Å². The molecule has 0 aliphatic heterocycles. The van der Waals surface area contributed by atoms with Gasteiger partial charge in [0.2, 0.25) is 0 Å². The summed E-state index contributed by atoms with van der Waals surface area (Å²) in [4.78, 5) is 0. The van der Waals surface area contributed by atoms with E-state index < -0.39 is 0 Å². The molecule has 0 saturated carbocycles. The minimum absolute atomic E-state index is 0.0687. The molecule has 144 valence electrons. The van der Waals surface area contributed by atoms with Gasteiger partial charge in [-0.1, -0.05) is 91.6 Å². The van der Waals surface area contributed by atoms with E-state index in [2.05, 4.69) is 73.3 Å². The third-order valence-electron chi connectivity index (χ3n) is 5.16. The number of hydrogen-bond donors (Lipinski definition) is 0. The Labute approximate surface area is 159 Å².